The molecule has 136 valence electrons. The third-order valence-corrected chi connectivity index (χ3v) is 3.55. The Kier molecular flexibility index (Phi) is 3.99. The van der Waals surface area contributed by atoms with Gasteiger partial charge in [-0.05, 0) is 12.4 Å². The van der Waals surface area contributed by atoms with Crippen molar-refractivity contribution in [3.05, 3.63) is 42.0 Å². The first-order chi connectivity index (χ1) is 13.3. The van der Waals surface area contributed by atoms with Crippen LogP contribution < -0.4 is 5.73 Å². The van der Waals surface area contributed by atoms with E-state index in [9.17, 15) is 23.2 Å². The number of nitrogens with two attached hydrogens (primary N) is 1. The number of ether oxygens (including phenoxy) is 1. The zero-order valence-corrected chi connectivity index (χ0v) is 13.5. The van der Waals surface area contributed by atoms with Crippen LogP contribution in [0.3, 0.4) is 0 Å². The summed E-state index contributed by atoms with van der Waals surface area (Å²) in [6.07, 6.45) is -5.18. The Morgan fingerprint density at radius 1 is 1.46 bits per heavy atom. The zero-order valence-electron chi connectivity index (χ0n) is 16.5. The highest BCUT2D eigenvalue weighted by Crippen LogP contribution is 2.35. The Balaban J connectivity index is 2.59. The van der Waals surface area contributed by atoms with Crippen LogP contribution in [-0.4, -0.2) is 29.0 Å². The number of carbonyl (C=O) groups excluding carboxylic acids is 1. The highest BCUT2D eigenvalue weighted by atomic mass is 19.4. The second kappa shape index (κ2) is 6.92. The van der Waals surface area contributed by atoms with Crippen molar-refractivity contribution >= 4 is 17.4 Å². The number of nitriles is 1. The molecule has 2 aromatic rings. The van der Waals surface area contributed by atoms with Gasteiger partial charge in [0, 0.05) is 9.68 Å². The summed E-state index contributed by atoms with van der Waals surface area (Å²) in [6.45, 7) is 0.0777. The number of carbonyl (C=O) groups is 1. The molecule has 0 aliphatic heterocycles. The van der Waals surface area contributed by atoms with Crippen molar-refractivity contribution in [1.82, 2.24) is 9.78 Å². The van der Waals surface area contributed by atoms with E-state index in [1.54, 1.807) is 6.07 Å². The van der Waals surface area contributed by atoms with Gasteiger partial charge in [0.2, 0.25) is 0 Å². The van der Waals surface area contributed by atoms with Gasteiger partial charge in [0.1, 0.15) is 29.2 Å². The van der Waals surface area contributed by atoms with Crippen molar-refractivity contribution < 1.29 is 26.8 Å². The van der Waals surface area contributed by atoms with E-state index in [0.29, 0.717) is 5.56 Å². The molecule has 26 heavy (non-hydrogen) atoms. The molecule has 1 aromatic carbocycles. The van der Waals surface area contributed by atoms with Gasteiger partial charge in [0.15, 0.2) is 0 Å². The maximum absolute atomic E-state index is 13.4. The van der Waals surface area contributed by atoms with Gasteiger partial charge in [-0.1, -0.05) is 30.8 Å². The molecule has 0 amide bonds. The van der Waals surface area contributed by atoms with Crippen molar-refractivity contribution in [2.24, 2.45) is 0 Å². The smallest absolute Gasteiger partial charge is 0.410 e. The molecule has 0 fully saturated rings. The number of nitrogens with zero attached hydrogens (tertiary/aromatic N) is 3. The van der Waals surface area contributed by atoms with Gasteiger partial charge >= 0.3 is 12.1 Å². The lowest BCUT2D eigenvalue weighted by Crippen LogP contribution is -2.25. The number of esters is 1. The summed E-state index contributed by atoms with van der Waals surface area (Å²) < 4.78 is 66.4. The van der Waals surface area contributed by atoms with E-state index in [2.05, 4.69) is 16.4 Å². The van der Waals surface area contributed by atoms with E-state index >= 15 is 0 Å². The fraction of sp³-hybridized carbons (Fsp3) is 0.235. The summed E-state index contributed by atoms with van der Waals surface area (Å²) in [5.74, 6) is -1.39. The summed E-state index contributed by atoms with van der Waals surface area (Å²) in [6, 6.07) is 4.25. The van der Waals surface area contributed by atoms with Crippen molar-refractivity contribution in [2.45, 2.75) is 19.1 Å². The lowest BCUT2D eigenvalue weighted by Gasteiger charge is -2.17. The number of nitrogen functional groups attached to an aromatic ring is 1. The Bertz CT molecular complexity index is 976. The van der Waals surface area contributed by atoms with E-state index < -0.39 is 36.4 Å². The number of hydrogen-bond acceptors (Lipinski definition) is 5. The zero-order chi connectivity index (χ0) is 22.1. The first-order valence-corrected chi connectivity index (χ1v) is 7.05. The predicted octanol–water partition coefficient (Wildman–Crippen LogP) is 3.31. The van der Waals surface area contributed by atoms with Gasteiger partial charge < -0.3 is 10.5 Å². The number of aromatic nitrogens is 2. The fourth-order valence-corrected chi connectivity index (χ4v) is 2.17. The van der Waals surface area contributed by atoms with Crippen LogP contribution in [0.4, 0.5) is 19.0 Å². The minimum absolute atomic E-state index is 0.0455. The molecule has 6 nitrogen and oxygen atoms in total. The largest absolute Gasteiger partial charge is 0.465 e. The molecule has 0 aliphatic carbocycles. The average Bonchev–Trinajstić information content (AvgIpc) is 2.94. The lowest BCUT2D eigenvalue weighted by molar-refractivity contribution is -0.164. The molecule has 0 aliphatic rings. The van der Waals surface area contributed by atoms with E-state index in [-0.39, 0.29) is 21.5 Å². The third kappa shape index (κ3) is 3.39. The van der Waals surface area contributed by atoms with Gasteiger partial charge in [-0.25, -0.2) is 9.48 Å². The first kappa shape index (κ1) is 15.0. The van der Waals surface area contributed by atoms with Gasteiger partial charge in [-0.2, -0.15) is 23.5 Å². The number of hydrogen-bond donors (Lipinski definition) is 1. The SMILES string of the molecule is [2H]C([2H])([2H])C(n1nc(-c2ccc(C(=C)C(=O)OC)cc2)c(C#N)c1N)C(F)(F)F. The minimum atomic E-state index is -5.18. The van der Waals surface area contributed by atoms with Gasteiger partial charge in [0.05, 0.1) is 12.7 Å². The lowest BCUT2D eigenvalue weighted by atomic mass is 10.0. The van der Waals surface area contributed by atoms with Gasteiger partial charge in [-0.3, -0.25) is 0 Å². The molecule has 2 N–H and O–H groups in total. The van der Waals surface area contributed by atoms with Crippen LogP contribution in [0.5, 0.6) is 0 Å². The Morgan fingerprint density at radius 2 is 2.08 bits per heavy atom. The molecule has 1 heterocycles. The summed E-state index contributed by atoms with van der Waals surface area (Å²) >= 11 is 0. The summed E-state index contributed by atoms with van der Waals surface area (Å²) in [7, 11) is 1.18. The number of alkyl halides is 3. The van der Waals surface area contributed by atoms with Gasteiger partial charge in [0.25, 0.3) is 0 Å². The summed E-state index contributed by atoms with van der Waals surface area (Å²) in [5, 5.41) is 13.0. The molecule has 9 heteroatoms. The first-order valence-electron chi connectivity index (χ1n) is 8.55. The van der Waals surface area contributed by atoms with Crippen LogP contribution in [0.25, 0.3) is 16.8 Å². The van der Waals surface area contributed by atoms with Crippen molar-refractivity contribution in [2.75, 3.05) is 12.8 Å². The Morgan fingerprint density at radius 3 is 2.54 bits per heavy atom. The molecular formula is C17H15F3N4O2. The molecule has 0 saturated heterocycles. The van der Waals surface area contributed by atoms with Crippen molar-refractivity contribution in [1.29, 1.82) is 5.26 Å². The van der Waals surface area contributed by atoms with Gasteiger partial charge in [-0.15, -0.1) is 0 Å². The van der Waals surface area contributed by atoms with E-state index in [4.69, 9.17) is 9.85 Å². The van der Waals surface area contributed by atoms with Crippen LogP contribution in [0.1, 0.15) is 28.1 Å². The van der Waals surface area contributed by atoms with E-state index in [1.165, 1.54) is 31.4 Å². The average molecular weight is 367 g/mol. The highest BCUT2D eigenvalue weighted by Gasteiger charge is 2.40. The molecule has 2 rings (SSSR count). The minimum Gasteiger partial charge on any atom is -0.465 e. The molecular weight excluding hydrogens is 349 g/mol. The standard InChI is InChI=1S/C17H15F3N4O2/c1-9(16(25)26-3)11-4-6-12(7-5-11)14-13(8-21)15(22)24(23-14)10(2)17(18,19)20/h4-7,10H,1,22H2,2-3H3/i2D3. The quantitative estimate of drug-likeness (QED) is 0.661. The molecule has 1 unspecified atom stereocenters. The van der Waals surface area contributed by atoms with Crippen LogP contribution in [0.2, 0.25) is 0 Å². The third-order valence-electron chi connectivity index (χ3n) is 3.55. The second-order valence-electron chi connectivity index (χ2n) is 5.16. The number of anilines is 1. The molecule has 0 saturated carbocycles. The molecule has 0 radical (unpaired) electrons. The number of halogens is 3. The topological polar surface area (TPSA) is 93.9 Å². The number of rotatable bonds is 4. The van der Waals surface area contributed by atoms with E-state index in [1.807, 2.05) is 0 Å². The van der Waals surface area contributed by atoms with Crippen LogP contribution in [0.15, 0.2) is 30.8 Å². The van der Waals surface area contributed by atoms with E-state index in [0.717, 1.165) is 0 Å². The maximum Gasteiger partial charge on any atom is 0.410 e. The van der Waals surface area contributed by atoms with Crippen molar-refractivity contribution in [3.8, 4) is 17.3 Å². The highest BCUT2D eigenvalue weighted by molar-refractivity contribution is 6.15. The Labute approximate surface area is 151 Å². The second-order valence-corrected chi connectivity index (χ2v) is 5.16. The predicted molar refractivity (Wildman–Crippen MR) is 88.6 cm³/mol. The summed E-state index contributed by atoms with van der Waals surface area (Å²) in [5.41, 5.74) is 5.63. The van der Waals surface area contributed by atoms with Crippen LogP contribution in [0, 0.1) is 11.3 Å². The van der Waals surface area contributed by atoms with Crippen molar-refractivity contribution in [3.63, 3.8) is 0 Å². The molecule has 1 aromatic heterocycles. The number of methoxy groups -OCH3 is 1. The van der Waals surface area contributed by atoms with Crippen LogP contribution in [-0.2, 0) is 9.53 Å². The Hall–Kier alpha value is -3.28. The normalized spacial score (nSPS) is 14.5. The molecule has 1 atom stereocenters. The maximum atomic E-state index is 13.4. The monoisotopic (exact) mass is 367 g/mol. The fourth-order valence-electron chi connectivity index (χ4n) is 2.17. The molecule has 0 bridgehead atoms. The number of benzene rings is 1. The van der Waals surface area contributed by atoms with Crippen LogP contribution >= 0.6 is 0 Å². The molecule has 0 spiro atoms. The summed E-state index contributed by atoms with van der Waals surface area (Å²) in [4.78, 5) is 11.5.